The number of aliphatic hydroxyl groups excluding tert-OH is 1. The van der Waals surface area contributed by atoms with Crippen LogP contribution < -0.4 is 10.6 Å². The average Bonchev–Trinajstić information content (AvgIpc) is 2.93. The summed E-state index contributed by atoms with van der Waals surface area (Å²) < 4.78 is 32.8. The molecule has 232 valence electrons. The third kappa shape index (κ3) is 9.08. The fraction of sp³-hybridized carbons (Fsp3) is 0.588. The van der Waals surface area contributed by atoms with Crippen LogP contribution in [-0.4, -0.2) is 42.8 Å². The summed E-state index contributed by atoms with van der Waals surface area (Å²) in [5, 5.41) is 18.1. The molecule has 1 fully saturated rings. The van der Waals surface area contributed by atoms with Gasteiger partial charge in [0.1, 0.15) is 11.6 Å². The molecule has 2 atom stereocenters. The summed E-state index contributed by atoms with van der Waals surface area (Å²) in [5.41, 5.74) is 1.46. The number of nitrogens with one attached hydrogen (secondary N) is 2. The quantitative estimate of drug-likeness (QED) is 0.263. The van der Waals surface area contributed by atoms with Crippen LogP contribution >= 0.6 is 0 Å². The van der Waals surface area contributed by atoms with E-state index in [1.807, 2.05) is 0 Å². The number of carbonyl (C=O) groups excluding carboxylic acids is 2. The second-order valence-electron chi connectivity index (χ2n) is 13.4. The van der Waals surface area contributed by atoms with Crippen LogP contribution in [0.4, 0.5) is 8.78 Å². The molecular formula is C34H48F2N2O4. The standard InChI is InChI=1S/C34H48F2N2O4/c1-32(2,3)24-11-10-12-25(20-24)34(14-8-7-9-15-34)37-22-29(39)28(19-23-17-26(35)21-27(36)18-23)38-31(41)33(4,5)16-13-30(40)42-6/h10-12,17-18,20-21,28-29,37,39H,7-9,13-16,19,22H2,1-6H3,(H,38,41)/t28-,29+/m0/s1. The molecule has 8 heteroatoms. The Balaban J connectivity index is 1.85. The Morgan fingerprint density at radius 2 is 1.64 bits per heavy atom. The van der Waals surface area contributed by atoms with Gasteiger partial charge in [0.25, 0.3) is 0 Å². The second kappa shape index (κ2) is 14.1. The highest BCUT2D eigenvalue weighted by atomic mass is 19.1. The Bertz CT molecular complexity index is 1200. The number of amides is 1. The van der Waals surface area contributed by atoms with E-state index < -0.39 is 35.2 Å². The third-order valence-electron chi connectivity index (χ3n) is 8.59. The summed E-state index contributed by atoms with van der Waals surface area (Å²) in [6, 6.07) is 11.0. The zero-order valence-corrected chi connectivity index (χ0v) is 26.0. The molecule has 0 aliphatic heterocycles. The van der Waals surface area contributed by atoms with Crippen molar-refractivity contribution in [2.45, 2.75) is 109 Å². The van der Waals surface area contributed by atoms with Crippen LogP contribution in [-0.2, 0) is 31.7 Å². The fourth-order valence-corrected chi connectivity index (χ4v) is 5.71. The number of benzene rings is 2. The van der Waals surface area contributed by atoms with Crippen LogP contribution in [0.1, 0.15) is 96.3 Å². The van der Waals surface area contributed by atoms with Crippen LogP contribution in [0.25, 0.3) is 0 Å². The average molecular weight is 587 g/mol. The molecule has 6 nitrogen and oxygen atoms in total. The summed E-state index contributed by atoms with van der Waals surface area (Å²) in [5.74, 6) is -2.22. The molecule has 0 saturated heterocycles. The summed E-state index contributed by atoms with van der Waals surface area (Å²) in [7, 11) is 1.30. The zero-order chi connectivity index (χ0) is 31.1. The molecule has 1 aliphatic carbocycles. The summed E-state index contributed by atoms with van der Waals surface area (Å²) in [6.45, 7) is 10.2. The van der Waals surface area contributed by atoms with Gasteiger partial charge >= 0.3 is 5.97 Å². The molecule has 3 rings (SSSR count). The van der Waals surface area contributed by atoms with Crippen LogP contribution in [0.15, 0.2) is 42.5 Å². The highest BCUT2D eigenvalue weighted by Gasteiger charge is 2.37. The molecule has 1 amide bonds. The van der Waals surface area contributed by atoms with Crippen molar-refractivity contribution in [2.75, 3.05) is 13.7 Å². The molecule has 3 N–H and O–H groups in total. The van der Waals surface area contributed by atoms with Gasteiger partial charge in [-0.25, -0.2) is 8.78 Å². The lowest BCUT2D eigenvalue weighted by atomic mass is 9.74. The van der Waals surface area contributed by atoms with E-state index in [4.69, 9.17) is 4.74 Å². The van der Waals surface area contributed by atoms with Gasteiger partial charge in [-0.3, -0.25) is 9.59 Å². The summed E-state index contributed by atoms with van der Waals surface area (Å²) in [6.07, 6.45) is 4.38. The van der Waals surface area contributed by atoms with E-state index in [0.717, 1.165) is 38.2 Å². The van der Waals surface area contributed by atoms with Crippen LogP contribution in [0.3, 0.4) is 0 Å². The first kappa shape index (κ1) is 33.7. The molecule has 0 radical (unpaired) electrons. The van der Waals surface area contributed by atoms with Crippen molar-refractivity contribution in [1.29, 1.82) is 0 Å². The maximum atomic E-state index is 14.0. The topological polar surface area (TPSA) is 87.7 Å². The Morgan fingerprint density at radius 1 is 1.00 bits per heavy atom. The molecule has 0 spiro atoms. The number of hydrogen-bond donors (Lipinski definition) is 3. The molecular weight excluding hydrogens is 538 g/mol. The van der Waals surface area contributed by atoms with Crippen molar-refractivity contribution in [3.8, 4) is 0 Å². The molecule has 0 bridgehead atoms. The van der Waals surface area contributed by atoms with Gasteiger partial charge < -0.3 is 20.5 Å². The van der Waals surface area contributed by atoms with E-state index in [2.05, 4.69) is 55.7 Å². The van der Waals surface area contributed by atoms with Gasteiger partial charge in [0.05, 0.1) is 19.3 Å². The minimum atomic E-state index is -1.05. The highest BCUT2D eigenvalue weighted by molar-refractivity contribution is 5.83. The summed E-state index contributed by atoms with van der Waals surface area (Å²) >= 11 is 0. The molecule has 42 heavy (non-hydrogen) atoms. The molecule has 2 aromatic carbocycles. The lowest BCUT2D eigenvalue weighted by Gasteiger charge is -2.41. The molecule has 1 aliphatic rings. The van der Waals surface area contributed by atoms with Crippen LogP contribution in [0.5, 0.6) is 0 Å². The minimum absolute atomic E-state index is 0.0122. The van der Waals surface area contributed by atoms with Crippen molar-refractivity contribution in [3.05, 3.63) is 70.8 Å². The monoisotopic (exact) mass is 586 g/mol. The van der Waals surface area contributed by atoms with E-state index in [9.17, 15) is 23.5 Å². The molecule has 0 aromatic heterocycles. The Hall–Kier alpha value is -2.84. The molecule has 0 unspecified atom stereocenters. The van der Waals surface area contributed by atoms with Gasteiger partial charge in [-0.2, -0.15) is 0 Å². The SMILES string of the molecule is COC(=O)CCC(C)(C)C(=O)N[C@@H](Cc1cc(F)cc(F)c1)[C@H](O)CNC1(c2cccc(C(C)(C)C)c2)CCCCC1. The zero-order valence-electron chi connectivity index (χ0n) is 26.0. The fourth-order valence-electron chi connectivity index (χ4n) is 5.71. The van der Waals surface area contributed by atoms with Gasteiger partial charge in [-0.15, -0.1) is 0 Å². The number of hydrogen-bond acceptors (Lipinski definition) is 5. The lowest BCUT2D eigenvalue weighted by Crippen LogP contribution is -2.55. The minimum Gasteiger partial charge on any atom is -0.469 e. The molecule has 1 saturated carbocycles. The van der Waals surface area contributed by atoms with E-state index in [1.165, 1.54) is 30.4 Å². The Labute approximate surface area is 249 Å². The predicted octanol–water partition coefficient (Wildman–Crippen LogP) is 6.08. The molecule has 2 aromatic rings. The third-order valence-corrected chi connectivity index (χ3v) is 8.59. The maximum absolute atomic E-state index is 14.0. The van der Waals surface area contributed by atoms with Gasteiger partial charge in [-0.05, 0) is 59.9 Å². The second-order valence-corrected chi connectivity index (χ2v) is 13.4. The number of aliphatic hydroxyl groups is 1. The first-order chi connectivity index (χ1) is 19.6. The van der Waals surface area contributed by atoms with E-state index >= 15 is 0 Å². The maximum Gasteiger partial charge on any atom is 0.305 e. The first-order valence-corrected chi connectivity index (χ1v) is 15.0. The van der Waals surface area contributed by atoms with Crippen molar-refractivity contribution < 1.29 is 28.2 Å². The Kier molecular flexibility index (Phi) is 11.3. The van der Waals surface area contributed by atoms with E-state index in [1.54, 1.807) is 13.8 Å². The van der Waals surface area contributed by atoms with Gasteiger partial charge in [0.15, 0.2) is 0 Å². The number of methoxy groups -OCH3 is 1. The lowest BCUT2D eigenvalue weighted by molar-refractivity contribution is -0.142. The van der Waals surface area contributed by atoms with Gasteiger partial charge in [0.2, 0.25) is 5.91 Å². The Morgan fingerprint density at radius 3 is 2.24 bits per heavy atom. The number of esters is 1. The van der Waals surface area contributed by atoms with Crippen molar-refractivity contribution in [2.24, 2.45) is 5.41 Å². The largest absolute Gasteiger partial charge is 0.469 e. The van der Waals surface area contributed by atoms with Crippen LogP contribution in [0.2, 0.25) is 0 Å². The number of halogens is 2. The van der Waals surface area contributed by atoms with E-state index in [-0.39, 0.29) is 42.7 Å². The van der Waals surface area contributed by atoms with E-state index in [0.29, 0.717) is 5.56 Å². The highest BCUT2D eigenvalue weighted by Crippen LogP contribution is 2.39. The van der Waals surface area contributed by atoms with Crippen molar-refractivity contribution in [1.82, 2.24) is 10.6 Å². The molecule has 0 heterocycles. The smallest absolute Gasteiger partial charge is 0.305 e. The number of carbonyl (C=O) groups is 2. The van der Waals surface area contributed by atoms with Gasteiger partial charge in [-0.1, -0.05) is 78.1 Å². The summed E-state index contributed by atoms with van der Waals surface area (Å²) in [4.78, 5) is 25.1. The van der Waals surface area contributed by atoms with Crippen molar-refractivity contribution in [3.63, 3.8) is 0 Å². The van der Waals surface area contributed by atoms with Gasteiger partial charge in [0, 0.05) is 30.0 Å². The predicted molar refractivity (Wildman–Crippen MR) is 161 cm³/mol. The number of ether oxygens (including phenoxy) is 1. The van der Waals surface area contributed by atoms with Crippen molar-refractivity contribution >= 4 is 11.9 Å². The normalized spacial score (nSPS) is 16.9. The van der Waals surface area contributed by atoms with Crippen LogP contribution in [0, 0.1) is 17.0 Å². The number of rotatable bonds is 12. The first-order valence-electron chi connectivity index (χ1n) is 15.0.